The topological polar surface area (TPSA) is 77.8 Å². The lowest BCUT2D eigenvalue weighted by Crippen LogP contribution is -2.39. The Morgan fingerprint density at radius 3 is 1.21 bits per heavy atom. The first-order valence-electron chi connectivity index (χ1n) is 3.62. The zero-order valence-corrected chi connectivity index (χ0v) is 9.71. The van der Waals surface area contributed by atoms with Crippen LogP contribution in [0.2, 0.25) is 0 Å². The number of nitrogens with zero attached hydrogens (tertiary/aromatic N) is 1. The van der Waals surface area contributed by atoms with E-state index in [2.05, 4.69) is 26.3 Å². The minimum atomic E-state index is -3.97. The molecule has 14 heavy (non-hydrogen) atoms. The minimum absolute atomic E-state index is 0.757. The lowest BCUT2D eigenvalue weighted by Gasteiger charge is -2.20. The molecule has 0 bridgehead atoms. The van der Waals surface area contributed by atoms with Crippen molar-refractivity contribution in [1.29, 1.82) is 0 Å². The molecule has 6 heteroatoms. The summed E-state index contributed by atoms with van der Waals surface area (Å²) >= 11 is 0. The lowest BCUT2D eigenvalue weighted by atomic mass is 10.3. The molecular weight excluding hydrogens is 206 g/mol. The van der Waals surface area contributed by atoms with Crippen molar-refractivity contribution < 1.29 is 18.8 Å². The Morgan fingerprint density at radius 2 is 1.21 bits per heavy atom. The van der Waals surface area contributed by atoms with Gasteiger partial charge >= 0.3 is 0 Å². The van der Waals surface area contributed by atoms with Gasteiger partial charge in [0.25, 0.3) is 10.0 Å². The quantitative estimate of drug-likeness (QED) is 0.527. The fourth-order valence-corrected chi connectivity index (χ4v) is 0.735. The summed E-state index contributed by atoms with van der Waals surface area (Å²) in [7, 11) is -3.97. The van der Waals surface area contributed by atoms with Gasteiger partial charge in [0.1, 0.15) is 0 Å². The van der Waals surface area contributed by atoms with E-state index in [4.69, 9.17) is 10.4 Å². The Kier molecular flexibility index (Phi) is 10.4. The first kappa shape index (κ1) is 19.0. The molecule has 0 fully saturated rings. The second-order valence-corrected chi connectivity index (χ2v) is 5.34. The van der Waals surface area contributed by atoms with Crippen molar-refractivity contribution in [3.63, 3.8) is 0 Å². The molecule has 0 amide bonds. The third-order valence-corrected chi connectivity index (χ3v) is 2.97. The van der Waals surface area contributed by atoms with Gasteiger partial charge in [-0.2, -0.15) is 0 Å². The molecule has 2 N–H and O–H groups in total. The molecule has 0 rings (SSSR count). The Morgan fingerprint density at radius 1 is 1.00 bits per heavy atom. The fraction of sp³-hybridized carbons (Fsp3) is 0.500. The van der Waals surface area contributed by atoms with Crippen LogP contribution in [0.15, 0.2) is 26.3 Å². The second kappa shape index (κ2) is 7.69. The summed E-state index contributed by atoms with van der Waals surface area (Å²) in [4.78, 5) is 0. The summed E-state index contributed by atoms with van der Waals surface area (Å²) in [5, 5.41) is 16.4. The molecule has 0 aliphatic heterocycles. The molecule has 0 aromatic rings. The second-order valence-electron chi connectivity index (χ2n) is 2.84. The van der Waals surface area contributed by atoms with Crippen molar-refractivity contribution in [1.82, 2.24) is 4.63 Å². The third-order valence-electron chi connectivity index (χ3n) is 0.989. The van der Waals surface area contributed by atoms with Gasteiger partial charge in [0.15, 0.2) is 0 Å². The van der Waals surface area contributed by atoms with Crippen molar-refractivity contribution >= 4 is 10.0 Å². The van der Waals surface area contributed by atoms with E-state index in [0.29, 0.717) is 0 Å². The standard InChI is InChI=1S/C4H11NO4S.2C2H4/c1-4(2,3)10(8,9)5(6)7;2*1-2/h6-7H,1-3H3;2*1-2H2. The van der Waals surface area contributed by atoms with Crippen LogP contribution in [0, 0.1) is 0 Å². The Hall–Kier alpha value is -0.690. The highest BCUT2D eigenvalue weighted by atomic mass is 32.2. The van der Waals surface area contributed by atoms with Crippen molar-refractivity contribution in [2.75, 3.05) is 0 Å². The van der Waals surface area contributed by atoms with Gasteiger partial charge in [0.05, 0.1) is 4.75 Å². The van der Waals surface area contributed by atoms with Gasteiger partial charge in [-0.25, -0.2) is 8.42 Å². The largest absolute Gasteiger partial charge is 0.276 e. The summed E-state index contributed by atoms with van der Waals surface area (Å²) in [6.45, 7) is 16.1. The van der Waals surface area contributed by atoms with E-state index in [9.17, 15) is 8.42 Å². The molecule has 0 radical (unpaired) electrons. The van der Waals surface area contributed by atoms with Crippen LogP contribution in [0.5, 0.6) is 0 Å². The van der Waals surface area contributed by atoms with Crippen LogP contribution in [0.3, 0.4) is 0 Å². The van der Waals surface area contributed by atoms with Gasteiger partial charge in [-0.05, 0) is 20.8 Å². The van der Waals surface area contributed by atoms with Crippen molar-refractivity contribution in [3.8, 4) is 0 Å². The normalized spacial score (nSPS) is 10.7. The summed E-state index contributed by atoms with van der Waals surface area (Å²) in [6, 6.07) is 0. The van der Waals surface area contributed by atoms with Crippen LogP contribution < -0.4 is 0 Å². The highest BCUT2D eigenvalue weighted by Gasteiger charge is 2.34. The highest BCUT2D eigenvalue weighted by molar-refractivity contribution is 7.90. The average molecular weight is 225 g/mol. The molecule has 0 aromatic carbocycles. The Bertz CT molecular complexity index is 226. The maximum atomic E-state index is 10.8. The van der Waals surface area contributed by atoms with E-state index in [1.807, 2.05) is 0 Å². The lowest BCUT2D eigenvalue weighted by molar-refractivity contribution is -0.227. The summed E-state index contributed by atoms with van der Waals surface area (Å²) in [5.74, 6) is 0. The maximum Gasteiger partial charge on any atom is 0.264 e. The van der Waals surface area contributed by atoms with Crippen LogP contribution in [0.1, 0.15) is 20.8 Å². The van der Waals surface area contributed by atoms with Crippen LogP contribution in [-0.2, 0) is 10.0 Å². The molecule has 0 saturated carbocycles. The van der Waals surface area contributed by atoms with E-state index >= 15 is 0 Å². The Labute approximate surface area is 85.9 Å². The van der Waals surface area contributed by atoms with Crippen molar-refractivity contribution in [2.24, 2.45) is 0 Å². The predicted molar refractivity (Wildman–Crippen MR) is 56.6 cm³/mol. The molecule has 86 valence electrons. The number of sulfonamides is 1. The fourth-order valence-electron chi connectivity index (χ4n) is 0.245. The van der Waals surface area contributed by atoms with E-state index in [-0.39, 0.29) is 0 Å². The van der Waals surface area contributed by atoms with Gasteiger partial charge in [-0.3, -0.25) is 10.4 Å². The zero-order valence-electron chi connectivity index (χ0n) is 8.89. The zero-order chi connectivity index (χ0) is 12.6. The molecular formula is C8H19NO4S. The molecule has 0 aliphatic rings. The van der Waals surface area contributed by atoms with Crippen molar-refractivity contribution in [3.05, 3.63) is 26.3 Å². The molecule has 5 nitrogen and oxygen atoms in total. The number of hydrogen-bond donors (Lipinski definition) is 2. The molecule has 0 heterocycles. The first-order chi connectivity index (χ1) is 6.19. The van der Waals surface area contributed by atoms with Crippen LogP contribution >= 0.6 is 0 Å². The number of rotatable bonds is 1. The van der Waals surface area contributed by atoms with Gasteiger partial charge in [-0.15, -0.1) is 26.3 Å². The Balaban J connectivity index is -0.000000266. The van der Waals surface area contributed by atoms with Crippen LogP contribution in [-0.4, -0.2) is 28.2 Å². The molecule has 0 saturated heterocycles. The first-order valence-corrected chi connectivity index (χ1v) is 5.06. The van der Waals surface area contributed by atoms with Gasteiger partial charge < -0.3 is 0 Å². The molecule has 0 spiro atoms. The third kappa shape index (κ3) is 5.87. The van der Waals surface area contributed by atoms with E-state index in [1.54, 1.807) is 0 Å². The van der Waals surface area contributed by atoms with Crippen LogP contribution in [0.4, 0.5) is 0 Å². The molecule has 0 aliphatic carbocycles. The predicted octanol–water partition coefficient (Wildman–Crippen LogP) is 1.80. The van der Waals surface area contributed by atoms with Gasteiger partial charge in [0.2, 0.25) is 0 Å². The minimum Gasteiger partial charge on any atom is -0.276 e. The summed E-state index contributed by atoms with van der Waals surface area (Å²) < 4.78 is 19.6. The van der Waals surface area contributed by atoms with E-state index in [1.165, 1.54) is 20.8 Å². The van der Waals surface area contributed by atoms with Crippen LogP contribution in [0.25, 0.3) is 0 Å². The summed E-state index contributed by atoms with van der Waals surface area (Å²) in [6.07, 6.45) is 0. The highest BCUT2D eigenvalue weighted by Crippen LogP contribution is 2.16. The smallest absolute Gasteiger partial charge is 0.264 e. The average Bonchev–Trinajstić information content (AvgIpc) is 2.09. The van der Waals surface area contributed by atoms with Crippen molar-refractivity contribution in [2.45, 2.75) is 25.5 Å². The molecule has 0 unspecified atom stereocenters. The number of hydrogen-bond acceptors (Lipinski definition) is 4. The van der Waals surface area contributed by atoms with E-state index < -0.39 is 19.4 Å². The molecule has 0 aromatic heterocycles. The summed E-state index contributed by atoms with van der Waals surface area (Å²) in [5.41, 5.74) is 0. The monoisotopic (exact) mass is 225 g/mol. The van der Waals surface area contributed by atoms with E-state index in [0.717, 1.165) is 0 Å². The molecule has 0 atom stereocenters. The van der Waals surface area contributed by atoms with Gasteiger partial charge in [0, 0.05) is 4.63 Å². The van der Waals surface area contributed by atoms with Gasteiger partial charge in [-0.1, -0.05) is 0 Å². The maximum absolute atomic E-state index is 10.8. The SMILES string of the molecule is C=C.C=C.CC(C)(C)S(=O)(=O)N(O)O.